The fraction of sp³-hybridized carbons (Fsp3) is 0.143. The number of anilines is 1. The van der Waals surface area contributed by atoms with Gasteiger partial charge in [-0.05, 0) is 24.6 Å². The number of imidazole rings is 1. The summed E-state index contributed by atoms with van der Waals surface area (Å²) in [6.07, 6.45) is 3.43. The van der Waals surface area contributed by atoms with Gasteiger partial charge in [0.1, 0.15) is 29.4 Å². The lowest BCUT2D eigenvalue weighted by Crippen LogP contribution is -1.99. The first-order valence-electron chi connectivity index (χ1n) is 8.78. The minimum atomic E-state index is 0.404. The van der Waals surface area contributed by atoms with Crippen LogP contribution in [0.5, 0.6) is 11.8 Å². The molecule has 2 heterocycles. The van der Waals surface area contributed by atoms with E-state index in [1.807, 2.05) is 65.9 Å². The molecule has 4 aromatic rings. The monoisotopic (exact) mass is 360 g/mol. The Morgan fingerprint density at radius 3 is 2.70 bits per heavy atom. The average molecular weight is 360 g/mol. The highest BCUT2D eigenvalue weighted by Crippen LogP contribution is 2.32. The van der Waals surface area contributed by atoms with Gasteiger partial charge in [-0.1, -0.05) is 42.5 Å². The molecule has 0 aliphatic rings. The summed E-state index contributed by atoms with van der Waals surface area (Å²) >= 11 is 0. The molecule has 6 heteroatoms. The third-order valence-electron chi connectivity index (χ3n) is 4.18. The standard InChI is InChI=1S/C21H20N4O2/c1-2-26-21-24-18(19-20(22)23-11-12-25(19)21)16-9-6-10-17(13-16)27-14-15-7-4-3-5-8-15/h3-13H,2,14H2,1H3,(H2,22,23). The predicted octanol–water partition coefficient (Wildman–Crippen LogP) is 3.96. The first kappa shape index (κ1) is 16.9. The topological polar surface area (TPSA) is 74.7 Å². The fourth-order valence-electron chi connectivity index (χ4n) is 2.94. The molecule has 27 heavy (non-hydrogen) atoms. The Kier molecular flexibility index (Phi) is 4.61. The highest BCUT2D eigenvalue weighted by Gasteiger charge is 2.17. The Bertz CT molecular complexity index is 1060. The molecule has 0 atom stereocenters. The zero-order valence-electron chi connectivity index (χ0n) is 15.0. The van der Waals surface area contributed by atoms with Crippen molar-refractivity contribution in [3.05, 3.63) is 72.6 Å². The van der Waals surface area contributed by atoms with Crippen molar-refractivity contribution in [2.24, 2.45) is 0 Å². The molecular formula is C21H20N4O2. The van der Waals surface area contributed by atoms with E-state index in [4.69, 9.17) is 15.2 Å². The van der Waals surface area contributed by atoms with E-state index in [0.29, 0.717) is 30.7 Å². The van der Waals surface area contributed by atoms with E-state index < -0.39 is 0 Å². The van der Waals surface area contributed by atoms with Crippen LogP contribution >= 0.6 is 0 Å². The first-order valence-corrected chi connectivity index (χ1v) is 8.78. The Balaban J connectivity index is 1.69. The van der Waals surface area contributed by atoms with Crippen LogP contribution in [0.2, 0.25) is 0 Å². The maximum atomic E-state index is 6.12. The number of benzene rings is 2. The molecule has 0 bridgehead atoms. The van der Waals surface area contributed by atoms with Crippen molar-refractivity contribution >= 4 is 11.3 Å². The second kappa shape index (κ2) is 7.37. The third-order valence-corrected chi connectivity index (χ3v) is 4.18. The highest BCUT2D eigenvalue weighted by atomic mass is 16.5. The molecule has 0 aliphatic carbocycles. The van der Waals surface area contributed by atoms with Crippen molar-refractivity contribution in [2.45, 2.75) is 13.5 Å². The van der Waals surface area contributed by atoms with E-state index in [1.165, 1.54) is 0 Å². The third kappa shape index (κ3) is 3.42. The number of aromatic nitrogens is 3. The van der Waals surface area contributed by atoms with Crippen LogP contribution in [0, 0.1) is 0 Å². The van der Waals surface area contributed by atoms with Crippen molar-refractivity contribution in [1.29, 1.82) is 0 Å². The average Bonchev–Trinajstić information content (AvgIpc) is 3.08. The van der Waals surface area contributed by atoms with Crippen LogP contribution in [-0.4, -0.2) is 21.0 Å². The van der Waals surface area contributed by atoms with Gasteiger partial charge in [-0.3, -0.25) is 4.40 Å². The smallest absolute Gasteiger partial charge is 0.301 e. The van der Waals surface area contributed by atoms with Gasteiger partial charge < -0.3 is 15.2 Å². The molecule has 0 fully saturated rings. The number of nitrogens with zero attached hydrogens (tertiary/aromatic N) is 3. The van der Waals surface area contributed by atoms with Gasteiger partial charge in [-0.15, -0.1) is 0 Å². The summed E-state index contributed by atoms with van der Waals surface area (Å²) in [5.41, 5.74) is 9.56. The Labute approximate surface area is 157 Å². The van der Waals surface area contributed by atoms with Gasteiger partial charge in [0.15, 0.2) is 0 Å². The lowest BCUT2D eigenvalue weighted by Gasteiger charge is -2.08. The van der Waals surface area contributed by atoms with Crippen molar-refractivity contribution in [2.75, 3.05) is 12.3 Å². The molecule has 136 valence electrons. The summed E-state index contributed by atoms with van der Waals surface area (Å²) in [5, 5.41) is 0. The van der Waals surface area contributed by atoms with Gasteiger partial charge in [0.25, 0.3) is 0 Å². The van der Waals surface area contributed by atoms with Crippen molar-refractivity contribution in [3.8, 4) is 23.0 Å². The lowest BCUT2D eigenvalue weighted by atomic mass is 10.1. The van der Waals surface area contributed by atoms with E-state index in [1.54, 1.807) is 12.4 Å². The minimum Gasteiger partial charge on any atom is -0.489 e. The highest BCUT2D eigenvalue weighted by molar-refractivity contribution is 5.86. The summed E-state index contributed by atoms with van der Waals surface area (Å²) in [6.45, 7) is 2.94. The largest absolute Gasteiger partial charge is 0.489 e. The summed E-state index contributed by atoms with van der Waals surface area (Å²) in [5.74, 6) is 1.17. The molecule has 0 spiro atoms. The number of rotatable bonds is 6. The van der Waals surface area contributed by atoms with Crippen LogP contribution in [0.1, 0.15) is 12.5 Å². The molecule has 2 N–H and O–H groups in total. The van der Waals surface area contributed by atoms with E-state index in [0.717, 1.165) is 22.4 Å². The number of ether oxygens (including phenoxy) is 2. The maximum Gasteiger partial charge on any atom is 0.301 e. The molecule has 0 amide bonds. The zero-order valence-corrected chi connectivity index (χ0v) is 15.0. The molecule has 6 nitrogen and oxygen atoms in total. The number of nitrogens with two attached hydrogens (primary N) is 1. The zero-order chi connectivity index (χ0) is 18.6. The number of hydrogen-bond acceptors (Lipinski definition) is 5. The van der Waals surface area contributed by atoms with Crippen molar-refractivity contribution in [1.82, 2.24) is 14.4 Å². The van der Waals surface area contributed by atoms with E-state index in [-0.39, 0.29) is 0 Å². The van der Waals surface area contributed by atoms with Crippen molar-refractivity contribution < 1.29 is 9.47 Å². The van der Waals surface area contributed by atoms with Gasteiger partial charge in [-0.25, -0.2) is 4.98 Å². The fourth-order valence-corrected chi connectivity index (χ4v) is 2.94. The van der Waals surface area contributed by atoms with Crippen LogP contribution < -0.4 is 15.2 Å². The van der Waals surface area contributed by atoms with Crippen LogP contribution in [0.3, 0.4) is 0 Å². The molecule has 0 unspecified atom stereocenters. The van der Waals surface area contributed by atoms with E-state index in [9.17, 15) is 0 Å². The molecule has 0 saturated heterocycles. The number of fused-ring (bicyclic) bond motifs is 1. The van der Waals surface area contributed by atoms with E-state index in [2.05, 4.69) is 9.97 Å². The Morgan fingerprint density at radius 1 is 1.04 bits per heavy atom. The second-order valence-corrected chi connectivity index (χ2v) is 6.01. The molecule has 2 aromatic heterocycles. The number of nitrogen functional groups attached to an aromatic ring is 1. The predicted molar refractivity (Wildman–Crippen MR) is 105 cm³/mol. The summed E-state index contributed by atoms with van der Waals surface area (Å²) in [6, 6.07) is 18.3. The normalized spacial score (nSPS) is 10.9. The molecule has 0 aliphatic heterocycles. The Morgan fingerprint density at radius 2 is 1.89 bits per heavy atom. The van der Waals surface area contributed by atoms with Gasteiger partial charge in [0, 0.05) is 18.0 Å². The van der Waals surface area contributed by atoms with Gasteiger partial charge >= 0.3 is 6.01 Å². The summed E-state index contributed by atoms with van der Waals surface area (Å²) in [7, 11) is 0. The van der Waals surface area contributed by atoms with E-state index >= 15 is 0 Å². The Hall–Kier alpha value is -3.54. The van der Waals surface area contributed by atoms with Crippen LogP contribution in [0.4, 0.5) is 5.82 Å². The molecule has 2 aromatic carbocycles. The SMILES string of the molecule is CCOc1nc(-c2cccc(OCc3ccccc3)c2)c2c(N)nccn12. The van der Waals surface area contributed by atoms with Gasteiger partial charge in [-0.2, -0.15) is 4.98 Å². The molecular weight excluding hydrogens is 340 g/mol. The molecule has 0 radical (unpaired) electrons. The number of hydrogen-bond donors (Lipinski definition) is 1. The molecule has 0 saturated carbocycles. The quantitative estimate of drug-likeness (QED) is 0.563. The van der Waals surface area contributed by atoms with Crippen LogP contribution in [0.25, 0.3) is 16.8 Å². The molecule has 4 rings (SSSR count). The summed E-state index contributed by atoms with van der Waals surface area (Å²) < 4.78 is 13.4. The summed E-state index contributed by atoms with van der Waals surface area (Å²) in [4.78, 5) is 8.83. The second-order valence-electron chi connectivity index (χ2n) is 6.01. The van der Waals surface area contributed by atoms with Crippen molar-refractivity contribution in [3.63, 3.8) is 0 Å². The van der Waals surface area contributed by atoms with Crippen LogP contribution in [-0.2, 0) is 6.61 Å². The van der Waals surface area contributed by atoms with Crippen LogP contribution in [0.15, 0.2) is 67.0 Å². The lowest BCUT2D eigenvalue weighted by molar-refractivity contribution is 0.306. The first-order chi connectivity index (χ1) is 13.3. The maximum absolute atomic E-state index is 6.12. The van der Waals surface area contributed by atoms with Gasteiger partial charge in [0.05, 0.1) is 6.61 Å². The minimum absolute atomic E-state index is 0.404. The van der Waals surface area contributed by atoms with Gasteiger partial charge in [0.2, 0.25) is 0 Å².